The molecule has 0 fully saturated rings. The summed E-state index contributed by atoms with van der Waals surface area (Å²) in [5.74, 6) is 0. The second kappa shape index (κ2) is 3.67. The van der Waals surface area contributed by atoms with Crippen LogP contribution in [0.3, 0.4) is 0 Å². The van der Waals surface area contributed by atoms with E-state index in [-0.39, 0.29) is 0 Å². The Morgan fingerprint density at radius 1 is 1.23 bits per heavy atom. The van der Waals surface area contributed by atoms with Gasteiger partial charge in [0.2, 0.25) is 0 Å². The zero-order valence-electron chi connectivity index (χ0n) is 6.26. The molecule has 0 saturated carbocycles. The topological polar surface area (TPSA) is 25.8 Å². The fraction of sp³-hybridized carbons (Fsp3) is 0. The molecule has 0 aliphatic rings. The van der Waals surface area contributed by atoms with Crippen molar-refractivity contribution < 1.29 is 0 Å². The molecule has 66 valence electrons. The lowest BCUT2D eigenvalue weighted by molar-refractivity contribution is 1.02. The molecule has 2 nitrogen and oxygen atoms in total. The molecule has 0 radical (unpaired) electrons. The van der Waals surface area contributed by atoms with Gasteiger partial charge in [0.25, 0.3) is 0 Å². The number of fused-ring (bicyclic) bond motifs is 1. The van der Waals surface area contributed by atoms with E-state index in [9.17, 15) is 0 Å². The second-order valence-electron chi connectivity index (χ2n) is 2.47. The zero-order valence-corrected chi connectivity index (χ0v) is 10.8. The number of hydrogen-bond acceptors (Lipinski definition) is 2. The van der Waals surface area contributed by atoms with Gasteiger partial charge in [0, 0.05) is 15.2 Å². The van der Waals surface area contributed by atoms with Crippen molar-refractivity contribution >= 4 is 60.9 Å². The van der Waals surface area contributed by atoms with Crippen molar-refractivity contribution in [2.75, 3.05) is 0 Å². The third kappa shape index (κ3) is 1.80. The lowest BCUT2D eigenvalue weighted by Gasteiger charge is -2.00. The molecule has 0 saturated heterocycles. The van der Waals surface area contributed by atoms with Crippen LogP contribution in [0.4, 0.5) is 0 Å². The van der Waals surface area contributed by atoms with Gasteiger partial charge in [0.05, 0.1) is 0 Å². The van der Waals surface area contributed by atoms with Crippen LogP contribution in [-0.4, -0.2) is 10.2 Å². The van der Waals surface area contributed by atoms with Gasteiger partial charge in [0.1, 0.15) is 3.70 Å². The molecule has 0 N–H and O–H groups in total. The van der Waals surface area contributed by atoms with Gasteiger partial charge in [-0.15, -0.1) is 10.2 Å². The maximum Gasteiger partial charge on any atom is 0.159 e. The Kier molecular flexibility index (Phi) is 2.71. The minimum atomic E-state index is 0.447. The Morgan fingerprint density at radius 2 is 2.00 bits per heavy atom. The first-order chi connectivity index (χ1) is 6.18. The Hall–Kier alpha value is 0.0600. The number of aromatic nitrogens is 2. The zero-order chi connectivity index (χ0) is 9.42. The minimum absolute atomic E-state index is 0.447. The molecule has 0 unspecified atom stereocenters. The van der Waals surface area contributed by atoms with Crippen LogP contribution in [0.5, 0.6) is 0 Å². The maximum absolute atomic E-state index is 5.89. The van der Waals surface area contributed by atoms with Crippen LogP contribution in [0, 0.1) is 3.70 Å². The summed E-state index contributed by atoms with van der Waals surface area (Å²) in [5, 5.41) is 10.2. The van der Waals surface area contributed by atoms with Crippen LogP contribution >= 0.6 is 50.1 Å². The molecular weight excluding hydrogens is 366 g/mol. The number of hydrogen-bond donors (Lipinski definition) is 0. The van der Waals surface area contributed by atoms with E-state index < -0.39 is 0 Å². The third-order valence-electron chi connectivity index (χ3n) is 1.65. The first-order valence-electron chi connectivity index (χ1n) is 3.45. The molecule has 0 amide bonds. The summed E-state index contributed by atoms with van der Waals surface area (Å²) >= 11 is 11.4. The van der Waals surface area contributed by atoms with Crippen LogP contribution in [0.2, 0.25) is 5.15 Å². The number of rotatable bonds is 0. The van der Waals surface area contributed by atoms with Gasteiger partial charge in [-0.1, -0.05) is 27.5 Å². The number of halogens is 3. The standard InChI is InChI=1S/C8H3BrClIN2/c9-4-1-2-5-6(3-4)8(11)13-12-7(5)10/h1-3H. The molecule has 0 aliphatic heterocycles. The summed E-state index contributed by atoms with van der Waals surface area (Å²) in [4.78, 5) is 0. The number of benzene rings is 1. The van der Waals surface area contributed by atoms with Crippen molar-refractivity contribution in [3.8, 4) is 0 Å². The van der Waals surface area contributed by atoms with Gasteiger partial charge in [-0.05, 0) is 40.8 Å². The van der Waals surface area contributed by atoms with Gasteiger partial charge < -0.3 is 0 Å². The molecule has 2 rings (SSSR count). The third-order valence-corrected chi connectivity index (χ3v) is 3.22. The normalized spacial score (nSPS) is 10.7. The van der Waals surface area contributed by atoms with Gasteiger partial charge in [-0.25, -0.2) is 0 Å². The van der Waals surface area contributed by atoms with E-state index in [1.54, 1.807) is 0 Å². The Labute approximate surface area is 102 Å². The Morgan fingerprint density at radius 3 is 2.77 bits per heavy atom. The molecule has 13 heavy (non-hydrogen) atoms. The Balaban J connectivity index is 2.92. The average Bonchev–Trinajstić information content (AvgIpc) is 2.12. The lowest BCUT2D eigenvalue weighted by Crippen LogP contribution is -1.89. The van der Waals surface area contributed by atoms with Crippen LogP contribution in [0.1, 0.15) is 0 Å². The maximum atomic E-state index is 5.89. The van der Waals surface area contributed by atoms with E-state index in [1.807, 2.05) is 18.2 Å². The lowest BCUT2D eigenvalue weighted by atomic mass is 10.2. The van der Waals surface area contributed by atoms with E-state index in [0.717, 1.165) is 18.9 Å². The van der Waals surface area contributed by atoms with E-state index in [4.69, 9.17) is 11.6 Å². The van der Waals surface area contributed by atoms with Crippen molar-refractivity contribution in [1.82, 2.24) is 10.2 Å². The molecule has 5 heteroatoms. The SMILES string of the molecule is Clc1nnc(I)c2cc(Br)ccc12. The van der Waals surface area contributed by atoms with Crippen LogP contribution in [-0.2, 0) is 0 Å². The second-order valence-corrected chi connectivity index (χ2v) is 4.77. The van der Waals surface area contributed by atoms with Crippen molar-refractivity contribution in [2.24, 2.45) is 0 Å². The fourth-order valence-corrected chi connectivity index (χ4v) is 2.18. The van der Waals surface area contributed by atoms with Crippen LogP contribution in [0.15, 0.2) is 22.7 Å². The highest BCUT2D eigenvalue weighted by Crippen LogP contribution is 2.26. The quantitative estimate of drug-likeness (QED) is 0.663. The van der Waals surface area contributed by atoms with E-state index in [0.29, 0.717) is 5.15 Å². The molecule has 0 bridgehead atoms. The van der Waals surface area contributed by atoms with Crippen molar-refractivity contribution in [1.29, 1.82) is 0 Å². The Bertz CT molecular complexity index is 475. The molecular formula is C8H3BrClIN2. The summed E-state index contributed by atoms with van der Waals surface area (Å²) in [6, 6.07) is 5.85. The summed E-state index contributed by atoms with van der Waals surface area (Å²) in [6.07, 6.45) is 0. The van der Waals surface area contributed by atoms with E-state index in [1.165, 1.54) is 0 Å². The van der Waals surface area contributed by atoms with Gasteiger partial charge in [-0.3, -0.25) is 0 Å². The minimum Gasteiger partial charge on any atom is -0.142 e. The smallest absolute Gasteiger partial charge is 0.142 e. The highest BCUT2D eigenvalue weighted by Gasteiger charge is 2.05. The molecule has 1 aromatic heterocycles. The number of nitrogens with zero attached hydrogens (tertiary/aromatic N) is 2. The van der Waals surface area contributed by atoms with Crippen LogP contribution in [0.25, 0.3) is 10.8 Å². The summed E-state index contributed by atoms with van der Waals surface area (Å²) < 4.78 is 1.88. The van der Waals surface area contributed by atoms with E-state index in [2.05, 4.69) is 48.7 Å². The summed E-state index contributed by atoms with van der Waals surface area (Å²) in [6.45, 7) is 0. The predicted molar refractivity (Wildman–Crippen MR) is 65.0 cm³/mol. The largest absolute Gasteiger partial charge is 0.159 e. The molecule has 1 aromatic carbocycles. The van der Waals surface area contributed by atoms with Gasteiger partial charge in [-0.2, -0.15) is 0 Å². The highest BCUT2D eigenvalue weighted by atomic mass is 127. The predicted octanol–water partition coefficient (Wildman–Crippen LogP) is 3.65. The molecule has 0 atom stereocenters. The fourth-order valence-electron chi connectivity index (χ4n) is 1.06. The molecule has 2 aromatic rings. The van der Waals surface area contributed by atoms with Crippen molar-refractivity contribution in [2.45, 2.75) is 0 Å². The average molecular weight is 369 g/mol. The highest BCUT2D eigenvalue weighted by molar-refractivity contribution is 14.1. The molecule has 1 heterocycles. The monoisotopic (exact) mass is 368 g/mol. The summed E-state index contributed by atoms with van der Waals surface area (Å²) in [7, 11) is 0. The van der Waals surface area contributed by atoms with Crippen LogP contribution < -0.4 is 0 Å². The molecule has 0 spiro atoms. The van der Waals surface area contributed by atoms with E-state index >= 15 is 0 Å². The first kappa shape index (κ1) is 9.61. The van der Waals surface area contributed by atoms with Crippen molar-refractivity contribution in [3.63, 3.8) is 0 Å². The molecule has 0 aliphatic carbocycles. The van der Waals surface area contributed by atoms with Gasteiger partial charge >= 0.3 is 0 Å². The first-order valence-corrected chi connectivity index (χ1v) is 5.70. The summed E-state index contributed by atoms with van der Waals surface area (Å²) in [5.41, 5.74) is 0. The van der Waals surface area contributed by atoms with Gasteiger partial charge in [0.15, 0.2) is 5.15 Å². The van der Waals surface area contributed by atoms with Crippen molar-refractivity contribution in [3.05, 3.63) is 31.5 Å².